The number of rotatable bonds is 3. The number of ether oxygens (including phenoxy) is 2. The standard InChI is InChI=1S/C18H13ClF3NO3/c1-25-15-8-16(26-2)13(19)6-9(15)5-12-11-4-3-10(18(20,21)22)7-14(11)23-17(12)24/h3-8H,1-2H3,(H,23,24)/b12-5-. The quantitative estimate of drug-likeness (QED) is 0.769. The Hall–Kier alpha value is -2.67. The summed E-state index contributed by atoms with van der Waals surface area (Å²) in [4.78, 5) is 12.2. The molecule has 4 nitrogen and oxygen atoms in total. The summed E-state index contributed by atoms with van der Waals surface area (Å²) in [5.74, 6) is 0.303. The molecule has 1 heterocycles. The van der Waals surface area contributed by atoms with Crippen LogP contribution in [0.5, 0.6) is 11.5 Å². The van der Waals surface area contributed by atoms with Crippen molar-refractivity contribution in [2.45, 2.75) is 6.18 Å². The molecule has 8 heteroatoms. The molecular formula is C18H13ClF3NO3. The average Bonchev–Trinajstić information content (AvgIpc) is 2.89. The minimum atomic E-state index is -4.49. The van der Waals surface area contributed by atoms with E-state index >= 15 is 0 Å². The van der Waals surface area contributed by atoms with Gasteiger partial charge >= 0.3 is 6.18 Å². The number of amides is 1. The predicted octanol–water partition coefficient (Wildman–Crippen LogP) is 4.87. The lowest BCUT2D eigenvalue weighted by atomic mass is 10.0. The van der Waals surface area contributed by atoms with Gasteiger partial charge in [0.1, 0.15) is 11.5 Å². The van der Waals surface area contributed by atoms with E-state index in [1.165, 1.54) is 26.4 Å². The number of halogens is 4. The van der Waals surface area contributed by atoms with E-state index in [9.17, 15) is 18.0 Å². The highest BCUT2D eigenvalue weighted by Gasteiger charge is 2.33. The van der Waals surface area contributed by atoms with Crippen molar-refractivity contribution in [3.05, 3.63) is 52.0 Å². The van der Waals surface area contributed by atoms with E-state index in [1.54, 1.807) is 12.1 Å². The molecule has 0 aliphatic carbocycles. The Balaban J connectivity index is 2.09. The topological polar surface area (TPSA) is 47.6 Å². The van der Waals surface area contributed by atoms with Gasteiger partial charge in [0, 0.05) is 28.5 Å². The summed E-state index contributed by atoms with van der Waals surface area (Å²) < 4.78 is 48.9. The summed E-state index contributed by atoms with van der Waals surface area (Å²) >= 11 is 6.12. The van der Waals surface area contributed by atoms with E-state index in [0.29, 0.717) is 27.6 Å². The van der Waals surface area contributed by atoms with Gasteiger partial charge in [0.15, 0.2) is 0 Å². The van der Waals surface area contributed by atoms with Gasteiger partial charge in [-0.1, -0.05) is 17.7 Å². The highest BCUT2D eigenvalue weighted by Crippen LogP contribution is 2.40. The lowest BCUT2D eigenvalue weighted by molar-refractivity contribution is -0.137. The summed E-state index contributed by atoms with van der Waals surface area (Å²) in [6, 6.07) is 6.23. The van der Waals surface area contributed by atoms with Crippen LogP contribution in [0.3, 0.4) is 0 Å². The van der Waals surface area contributed by atoms with Gasteiger partial charge in [0.2, 0.25) is 0 Å². The molecule has 3 rings (SSSR count). The van der Waals surface area contributed by atoms with Gasteiger partial charge in [-0.2, -0.15) is 13.2 Å². The van der Waals surface area contributed by atoms with Crippen LogP contribution in [0.2, 0.25) is 5.02 Å². The van der Waals surface area contributed by atoms with Crippen LogP contribution in [0.15, 0.2) is 30.3 Å². The minimum absolute atomic E-state index is 0.106. The van der Waals surface area contributed by atoms with Crippen LogP contribution in [0, 0.1) is 0 Å². The molecule has 1 N–H and O–H groups in total. The van der Waals surface area contributed by atoms with Crippen molar-refractivity contribution in [2.75, 3.05) is 19.5 Å². The minimum Gasteiger partial charge on any atom is -0.496 e. The molecular weight excluding hydrogens is 371 g/mol. The maximum atomic E-state index is 12.8. The number of carbonyl (C=O) groups excluding carboxylic acids is 1. The molecule has 2 aromatic rings. The number of hydrogen-bond donors (Lipinski definition) is 1. The first kappa shape index (κ1) is 18.1. The number of methoxy groups -OCH3 is 2. The number of benzene rings is 2. The number of alkyl halides is 3. The van der Waals surface area contributed by atoms with E-state index in [1.807, 2.05) is 0 Å². The lowest BCUT2D eigenvalue weighted by Crippen LogP contribution is -2.06. The van der Waals surface area contributed by atoms with Crippen molar-refractivity contribution in [3.63, 3.8) is 0 Å². The van der Waals surface area contributed by atoms with Crippen molar-refractivity contribution < 1.29 is 27.4 Å². The summed E-state index contributed by atoms with van der Waals surface area (Å²) in [5.41, 5.74) is 0.360. The first-order valence-corrected chi connectivity index (χ1v) is 7.78. The molecule has 26 heavy (non-hydrogen) atoms. The first-order valence-electron chi connectivity index (χ1n) is 7.40. The van der Waals surface area contributed by atoms with Crippen LogP contribution in [0.1, 0.15) is 16.7 Å². The van der Waals surface area contributed by atoms with Crippen molar-refractivity contribution >= 4 is 34.8 Å². The number of nitrogens with one attached hydrogen (secondary N) is 1. The molecule has 0 atom stereocenters. The summed E-state index contributed by atoms with van der Waals surface area (Å²) in [5, 5.41) is 2.76. The molecule has 0 bridgehead atoms. The molecule has 1 amide bonds. The first-order chi connectivity index (χ1) is 12.2. The van der Waals surface area contributed by atoms with Crippen LogP contribution < -0.4 is 14.8 Å². The Bertz CT molecular complexity index is 923. The Morgan fingerprint density at radius 1 is 1.08 bits per heavy atom. The number of hydrogen-bond acceptors (Lipinski definition) is 3. The zero-order valence-electron chi connectivity index (χ0n) is 13.7. The van der Waals surface area contributed by atoms with E-state index in [0.717, 1.165) is 12.1 Å². The monoisotopic (exact) mass is 383 g/mol. The van der Waals surface area contributed by atoms with Gasteiger partial charge in [0.25, 0.3) is 5.91 Å². The molecule has 0 saturated carbocycles. The fourth-order valence-electron chi connectivity index (χ4n) is 2.67. The van der Waals surface area contributed by atoms with Gasteiger partial charge < -0.3 is 14.8 Å². The lowest BCUT2D eigenvalue weighted by Gasteiger charge is -2.10. The number of carbonyl (C=O) groups is 1. The highest BCUT2D eigenvalue weighted by atomic mass is 35.5. The summed E-state index contributed by atoms with van der Waals surface area (Å²) in [7, 11) is 2.90. The molecule has 0 aromatic heterocycles. The van der Waals surface area contributed by atoms with E-state index in [2.05, 4.69) is 5.32 Å². The van der Waals surface area contributed by atoms with Crippen LogP contribution in [-0.2, 0) is 11.0 Å². The highest BCUT2D eigenvalue weighted by molar-refractivity contribution is 6.35. The normalized spacial score (nSPS) is 15.0. The van der Waals surface area contributed by atoms with Crippen LogP contribution in [0.25, 0.3) is 11.6 Å². The Kier molecular flexibility index (Phi) is 4.58. The van der Waals surface area contributed by atoms with Gasteiger partial charge in [-0.05, 0) is 24.3 Å². The van der Waals surface area contributed by atoms with E-state index in [-0.39, 0.29) is 11.3 Å². The third kappa shape index (κ3) is 3.22. The van der Waals surface area contributed by atoms with Gasteiger partial charge in [-0.25, -0.2) is 0 Å². The number of fused-ring (bicyclic) bond motifs is 1. The Morgan fingerprint density at radius 3 is 2.38 bits per heavy atom. The molecule has 0 radical (unpaired) electrons. The second-order valence-electron chi connectivity index (χ2n) is 5.50. The second kappa shape index (κ2) is 6.57. The van der Waals surface area contributed by atoms with Crippen LogP contribution in [0.4, 0.5) is 18.9 Å². The molecule has 0 unspecified atom stereocenters. The van der Waals surface area contributed by atoms with Crippen LogP contribution in [-0.4, -0.2) is 20.1 Å². The SMILES string of the molecule is COc1cc(OC)c(/C=C2\C(=O)Nc3cc(C(F)(F)F)ccc32)cc1Cl. The Morgan fingerprint density at radius 2 is 1.77 bits per heavy atom. The van der Waals surface area contributed by atoms with Crippen molar-refractivity contribution in [3.8, 4) is 11.5 Å². The van der Waals surface area contributed by atoms with E-state index < -0.39 is 17.6 Å². The molecule has 0 saturated heterocycles. The van der Waals surface area contributed by atoms with Gasteiger partial charge in [0.05, 0.1) is 24.8 Å². The fourth-order valence-corrected chi connectivity index (χ4v) is 2.92. The fraction of sp³-hybridized carbons (Fsp3) is 0.167. The molecule has 136 valence electrons. The molecule has 1 aliphatic rings. The zero-order valence-corrected chi connectivity index (χ0v) is 14.5. The largest absolute Gasteiger partial charge is 0.496 e. The third-order valence-corrected chi connectivity index (χ3v) is 4.23. The molecule has 0 spiro atoms. The summed E-state index contributed by atoms with van der Waals surface area (Å²) in [6.45, 7) is 0. The van der Waals surface area contributed by atoms with Crippen LogP contribution >= 0.6 is 11.6 Å². The van der Waals surface area contributed by atoms with Gasteiger partial charge in [-0.15, -0.1) is 0 Å². The maximum absolute atomic E-state index is 12.8. The second-order valence-corrected chi connectivity index (χ2v) is 5.91. The van der Waals surface area contributed by atoms with Crippen molar-refractivity contribution in [1.29, 1.82) is 0 Å². The average molecular weight is 384 g/mol. The predicted molar refractivity (Wildman–Crippen MR) is 92.5 cm³/mol. The molecule has 2 aromatic carbocycles. The molecule has 1 aliphatic heterocycles. The van der Waals surface area contributed by atoms with Gasteiger partial charge in [-0.3, -0.25) is 4.79 Å². The Labute approximate surface area is 152 Å². The molecule has 0 fully saturated rings. The van der Waals surface area contributed by atoms with E-state index in [4.69, 9.17) is 21.1 Å². The smallest absolute Gasteiger partial charge is 0.416 e. The maximum Gasteiger partial charge on any atom is 0.416 e. The zero-order chi connectivity index (χ0) is 19.1. The number of anilines is 1. The summed E-state index contributed by atoms with van der Waals surface area (Å²) in [6.07, 6.45) is -2.97. The van der Waals surface area contributed by atoms with Crippen molar-refractivity contribution in [1.82, 2.24) is 0 Å². The third-order valence-electron chi connectivity index (χ3n) is 3.93. The van der Waals surface area contributed by atoms with Crippen molar-refractivity contribution in [2.24, 2.45) is 0 Å².